The Labute approximate surface area is 187 Å². The van der Waals surface area contributed by atoms with E-state index in [1.54, 1.807) is 7.11 Å². The molecule has 3 aliphatic carbocycles. The zero-order chi connectivity index (χ0) is 22.7. The van der Waals surface area contributed by atoms with Crippen molar-refractivity contribution in [3.63, 3.8) is 0 Å². The fraction of sp³-hybridized carbons (Fsp3) is 0.750. The Morgan fingerprint density at radius 3 is 1.68 bits per heavy atom. The van der Waals surface area contributed by atoms with Crippen molar-refractivity contribution >= 4 is 19.7 Å². The highest BCUT2D eigenvalue weighted by Gasteiger charge is 2.76. The summed E-state index contributed by atoms with van der Waals surface area (Å²) in [7, 11) is 1.22. The molecule has 2 heterocycles. The third kappa shape index (κ3) is 2.92. The van der Waals surface area contributed by atoms with Crippen molar-refractivity contribution < 1.29 is 23.4 Å². The largest absolute Gasteiger partial charge is 0.497 e. The van der Waals surface area contributed by atoms with Crippen molar-refractivity contribution in [2.45, 2.75) is 108 Å². The molecule has 6 rings (SSSR count). The summed E-state index contributed by atoms with van der Waals surface area (Å²) in [6.45, 7) is 16.9. The van der Waals surface area contributed by atoms with Crippen LogP contribution in [0.2, 0.25) is 5.31 Å². The third-order valence-electron chi connectivity index (χ3n) is 9.13. The van der Waals surface area contributed by atoms with Gasteiger partial charge in [-0.25, -0.2) is 0 Å². The van der Waals surface area contributed by atoms with E-state index in [2.05, 4.69) is 67.5 Å². The summed E-state index contributed by atoms with van der Waals surface area (Å²) in [5.74, 6) is 0.858. The van der Waals surface area contributed by atoms with Crippen LogP contribution in [0, 0.1) is 0 Å². The maximum absolute atomic E-state index is 6.40. The zero-order valence-electron chi connectivity index (χ0n) is 20.5. The lowest BCUT2D eigenvalue weighted by atomic mass is 9.23. The molecule has 1 aromatic carbocycles. The first-order valence-corrected chi connectivity index (χ1v) is 11.6. The molecule has 0 unspecified atom stereocenters. The van der Waals surface area contributed by atoms with E-state index in [9.17, 15) is 0 Å². The predicted molar refractivity (Wildman–Crippen MR) is 123 cm³/mol. The molecule has 3 saturated carbocycles. The van der Waals surface area contributed by atoms with E-state index in [0.29, 0.717) is 0 Å². The van der Waals surface area contributed by atoms with Gasteiger partial charge in [0.2, 0.25) is 0 Å². The number of benzene rings is 1. The van der Waals surface area contributed by atoms with Crippen LogP contribution < -0.4 is 10.2 Å². The van der Waals surface area contributed by atoms with E-state index in [-0.39, 0.29) is 47.4 Å². The van der Waals surface area contributed by atoms with Crippen LogP contribution in [0.3, 0.4) is 0 Å². The summed E-state index contributed by atoms with van der Waals surface area (Å²) >= 11 is 0. The maximum atomic E-state index is 6.40. The van der Waals surface area contributed by atoms with Gasteiger partial charge >= 0.3 is 14.2 Å². The molecule has 0 aromatic heterocycles. The van der Waals surface area contributed by atoms with Gasteiger partial charge in [0, 0.05) is 5.31 Å². The minimum Gasteiger partial charge on any atom is -0.497 e. The van der Waals surface area contributed by atoms with Crippen LogP contribution in [0.15, 0.2) is 18.2 Å². The highest BCUT2D eigenvalue weighted by molar-refractivity contribution is 6.62. The van der Waals surface area contributed by atoms with Gasteiger partial charge in [-0.15, -0.1) is 0 Å². The smallest absolute Gasteiger partial charge is 0.494 e. The van der Waals surface area contributed by atoms with Crippen LogP contribution in [-0.4, -0.2) is 43.8 Å². The van der Waals surface area contributed by atoms with E-state index >= 15 is 0 Å². The molecule has 0 radical (unpaired) electrons. The lowest BCUT2D eigenvalue weighted by molar-refractivity contribution is -0.0384. The highest BCUT2D eigenvalue weighted by atomic mass is 16.7. The summed E-state index contributed by atoms with van der Waals surface area (Å²) in [6.07, 6.45) is 3.27. The average molecular weight is 426 g/mol. The minimum absolute atomic E-state index is 0.118. The zero-order valence-corrected chi connectivity index (χ0v) is 20.5. The lowest BCUT2D eigenvalue weighted by Crippen LogP contribution is -2.66. The summed E-state index contributed by atoms with van der Waals surface area (Å²) in [6, 6.07) is 6.49. The van der Waals surface area contributed by atoms with Crippen LogP contribution >= 0.6 is 0 Å². The second-order valence-corrected chi connectivity index (χ2v) is 12.3. The molecule has 0 spiro atoms. The molecular formula is C24H36B2O5. The van der Waals surface area contributed by atoms with E-state index in [1.165, 1.54) is 5.56 Å². The SMILES string of the molecule is COc1cc(B2OC(C)(C)C(C)(C)O2)cc(C23CC(B4OC(C)(C)C(C)(C)O4)(C2)C3)c1. The number of methoxy groups -OCH3 is 1. The number of ether oxygens (including phenoxy) is 1. The van der Waals surface area contributed by atoms with Gasteiger partial charge in [0.05, 0.1) is 29.5 Å². The number of hydrogen-bond donors (Lipinski definition) is 0. The fourth-order valence-corrected chi connectivity index (χ4v) is 5.68. The standard InChI is InChI=1S/C24H36B2O5/c1-19(2)20(3,4)29-25(28-19)17-10-16(11-18(12-17)27-9)23-13-24(14-23,15-23)26-30-21(5,6)22(7,8)31-26/h10-12H,13-15H2,1-9H3. The molecule has 168 valence electrons. The van der Waals surface area contributed by atoms with Crippen molar-refractivity contribution in [1.29, 1.82) is 0 Å². The third-order valence-corrected chi connectivity index (χ3v) is 9.13. The number of rotatable bonds is 4. The quantitative estimate of drug-likeness (QED) is 0.674. The van der Waals surface area contributed by atoms with Crippen LogP contribution in [0.1, 0.15) is 80.2 Å². The van der Waals surface area contributed by atoms with E-state index in [0.717, 1.165) is 30.5 Å². The van der Waals surface area contributed by atoms with Crippen molar-refractivity contribution in [2.24, 2.45) is 0 Å². The Morgan fingerprint density at radius 1 is 0.710 bits per heavy atom. The monoisotopic (exact) mass is 426 g/mol. The first-order valence-electron chi connectivity index (χ1n) is 11.6. The molecule has 2 bridgehead atoms. The van der Waals surface area contributed by atoms with Gasteiger partial charge in [-0.1, -0.05) is 6.07 Å². The van der Waals surface area contributed by atoms with Crippen molar-refractivity contribution in [3.05, 3.63) is 23.8 Å². The molecule has 0 N–H and O–H groups in total. The van der Waals surface area contributed by atoms with Gasteiger partial charge in [0.25, 0.3) is 0 Å². The Kier molecular flexibility index (Phi) is 4.30. The Bertz CT molecular complexity index is 871. The summed E-state index contributed by atoms with van der Waals surface area (Å²) < 4.78 is 31.1. The van der Waals surface area contributed by atoms with Crippen LogP contribution in [0.5, 0.6) is 5.75 Å². The van der Waals surface area contributed by atoms with Crippen LogP contribution in [-0.2, 0) is 24.0 Å². The van der Waals surface area contributed by atoms with Crippen molar-refractivity contribution in [3.8, 4) is 5.75 Å². The molecule has 0 amide bonds. The lowest BCUT2D eigenvalue weighted by Gasteiger charge is -2.71. The van der Waals surface area contributed by atoms with Gasteiger partial charge in [0.1, 0.15) is 5.75 Å². The van der Waals surface area contributed by atoms with Crippen LogP contribution in [0.4, 0.5) is 0 Å². The first kappa shape index (κ1) is 21.8. The molecule has 7 heteroatoms. The first-order chi connectivity index (χ1) is 14.1. The molecule has 2 aliphatic heterocycles. The van der Waals surface area contributed by atoms with E-state index in [1.807, 2.05) is 6.07 Å². The topological polar surface area (TPSA) is 46.2 Å². The molecule has 5 nitrogen and oxygen atoms in total. The molecular weight excluding hydrogens is 390 g/mol. The Balaban J connectivity index is 1.37. The molecule has 5 fully saturated rings. The van der Waals surface area contributed by atoms with E-state index < -0.39 is 0 Å². The Morgan fingerprint density at radius 2 is 1.19 bits per heavy atom. The fourth-order valence-electron chi connectivity index (χ4n) is 5.68. The predicted octanol–water partition coefficient (Wildman–Crippen LogP) is 4.26. The van der Waals surface area contributed by atoms with Gasteiger partial charge < -0.3 is 23.4 Å². The normalized spacial score (nSPS) is 36.2. The minimum atomic E-state index is -0.386. The van der Waals surface area contributed by atoms with Gasteiger partial charge in [0.15, 0.2) is 0 Å². The van der Waals surface area contributed by atoms with Gasteiger partial charge in [-0.05, 0) is 103 Å². The Hall–Kier alpha value is -1.01. The summed E-state index contributed by atoms with van der Waals surface area (Å²) in [5.41, 5.74) is 1.24. The molecule has 31 heavy (non-hydrogen) atoms. The van der Waals surface area contributed by atoms with Crippen molar-refractivity contribution in [1.82, 2.24) is 0 Å². The molecule has 0 atom stereocenters. The number of hydrogen-bond acceptors (Lipinski definition) is 5. The molecule has 2 saturated heterocycles. The van der Waals surface area contributed by atoms with E-state index in [4.69, 9.17) is 23.4 Å². The second-order valence-electron chi connectivity index (χ2n) is 12.3. The van der Waals surface area contributed by atoms with Crippen molar-refractivity contribution in [2.75, 3.05) is 7.11 Å². The summed E-state index contributed by atoms with van der Waals surface area (Å²) in [5, 5.41) is 0.138. The van der Waals surface area contributed by atoms with Gasteiger partial charge in [-0.2, -0.15) is 0 Å². The van der Waals surface area contributed by atoms with Gasteiger partial charge in [-0.3, -0.25) is 0 Å². The second kappa shape index (κ2) is 6.11. The van der Waals surface area contributed by atoms with Crippen LogP contribution in [0.25, 0.3) is 0 Å². The molecule has 5 aliphatic rings. The maximum Gasteiger partial charge on any atom is 0.494 e. The average Bonchev–Trinajstić information content (AvgIpc) is 2.91. The highest BCUT2D eigenvalue weighted by Crippen LogP contribution is 2.80. The summed E-state index contributed by atoms with van der Waals surface area (Å²) in [4.78, 5) is 0. The molecule has 1 aromatic rings.